The molecular weight excluding hydrogens is 340 g/mol. The molecule has 4 rings (SSSR count). The van der Waals surface area contributed by atoms with Crippen LogP contribution >= 0.6 is 0 Å². The van der Waals surface area contributed by atoms with Gasteiger partial charge in [0.25, 0.3) is 0 Å². The lowest BCUT2D eigenvalue weighted by molar-refractivity contribution is -0.122. The molecule has 0 amide bonds. The average molecular weight is 367 g/mol. The second-order valence-electron chi connectivity index (χ2n) is 7.54. The summed E-state index contributed by atoms with van der Waals surface area (Å²) in [5.74, 6) is 0.192. The molecule has 2 atom stereocenters. The van der Waals surface area contributed by atoms with Gasteiger partial charge in [0.1, 0.15) is 5.78 Å². The van der Waals surface area contributed by atoms with E-state index in [1.165, 1.54) is 21.5 Å². The molecule has 0 aliphatic rings. The molecule has 0 spiro atoms. The maximum Gasteiger partial charge on any atom is 0.147 e. The molecule has 0 saturated heterocycles. The Bertz CT molecular complexity index is 1040. The molecule has 2 unspecified atom stereocenters. The molecule has 140 valence electrons. The standard InChI is InChI=1S/C27H26O/c1-3-25(23-15-13-19-9-5-7-11-21(19)17-23)27(28)26(4-2)24-16-14-20-10-6-8-12-22(20)18-24/h5-18,25-26H,3-4H2,1-2H3. The van der Waals surface area contributed by atoms with E-state index in [9.17, 15) is 4.79 Å². The van der Waals surface area contributed by atoms with E-state index < -0.39 is 0 Å². The van der Waals surface area contributed by atoms with Crippen molar-refractivity contribution in [3.05, 3.63) is 96.1 Å². The molecule has 4 aromatic carbocycles. The average Bonchev–Trinajstić information content (AvgIpc) is 2.74. The van der Waals surface area contributed by atoms with Crippen molar-refractivity contribution in [3.8, 4) is 0 Å². The van der Waals surface area contributed by atoms with Crippen LogP contribution in [-0.2, 0) is 4.79 Å². The second-order valence-corrected chi connectivity index (χ2v) is 7.54. The largest absolute Gasteiger partial charge is 0.298 e. The first-order chi connectivity index (χ1) is 13.7. The lowest BCUT2D eigenvalue weighted by atomic mass is 9.80. The van der Waals surface area contributed by atoms with Crippen molar-refractivity contribution >= 4 is 27.3 Å². The number of rotatable bonds is 6. The Balaban J connectivity index is 1.70. The van der Waals surface area contributed by atoms with Gasteiger partial charge in [-0.1, -0.05) is 98.8 Å². The summed E-state index contributed by atoms with van der Waals surface area (Å²) in [6, 6.07) is 29.6. The summed E-state index contributed by atoms with van der Waals surface area (Å²) in [6.45, 7) is 4.23. The second kappa shape index (κ2) is 7.98. The Labute approximate surface area is 167 Å². The van der Waals surface area contributed by atoms with Crippen molar-refractivity contribution in [2.75, 3.05) is 0 Å². The van der Waals surface area contributed by atoms with E-state index >= 15 is 0 Å². The molecule has 0 aromatic heterocycles. The zero-order valence-corrected chi connectivity index (χ0v) is 16.6. The molecule has 0 bridgehead atoms. The highest BCUT2D eigenvalue weighted by Crippen LogP contribution is 2.33. The third-order valence-electron chi connectivity index (χ3n) is 5.86. The molecule has 0 aliphatic carbocycles. The van der Waals surface area contributed by atoms with Gasteiger partial charge < -0.3 is 0 Å². The van der Waals surface area contributed by atoms with Gasteiger partial charge in [-0.2, -0.15) is 0 Å². The number of carbonyl (C=O) groups is 1. The van der Waals surface area contributed by atoms with Crippen LogP contribution in [0.15, 0.2) is 84.9 Å². The molecule has 1 heteroatoms. The molecule has 0 saturated carbocycles. The van der Waals surface area contributed by atoms with Crippen LogP contribution in [0.25, 0.3) is 21.5 Å². The fourth-order valence-electron chi connectivity index (χ4n) is 4.29. The Morgan fingerprint density at radius 2 is 1.00 bits per heavy atom. The third-order valence-corrected chi connectivity index (χ3v) is 5.86. The van der Waals surface area contributed by atoms with Crippen molar-refractivity contribution in [2.24, 2.45) is 0 Å². The monoisotopic (exact) mass is 366 g/mol. The minimum atomic E-state index is -0.0685. The van der Waals surface area contributed by atoms with E-state index in [2.05, 4.69) is 98.8 Å². The van der Waals surface area contributed by atoms with E-state index in [4.69, 9.17) is 0 Å². The van der Waals surface area contributed by atoms with Gasteiger partial charge in [0.05, 0.1) is 0 Å². The number of ketones is 1. The maximum absolute atomic E-state index is 13.6. The van der Waals surface area contributed by atoms with Gasteiger partial charge in [-0.15, -0.1) is 0 Å². The summed E-state index contributed by atoms with van der Waals surface area (Å²) in [6.07, 6.45) is 1.64. The lowest BCUT2D eigenvalue weighted by Crippen LogP contribution is -2.20. The zero-order chi connectivity index (χ0) is 19.5. The van der Waals surface area contributed by atoms with Crippen LogP contribution in [0.4, 0.5) is 0 Å². The fourth-order valence-corrected chi connectivity index (χ4v) is 4.29. The predicted molar refractivity (Wildman–Crippen MR) is 119 cm³/mol. The Hall–Kier alpha value is -2.93. The molecule has 0 fully saturated rings. The topological polar surface area (TPSA) is 17.1 Å². The van der Waals surface area contributed by atoms with Crippen LogP contribution in [0.3, 0.4) is 0 Å². The van der Waals surface area contributed by atoms with Crippen LogP contribution < -0.4 is 0 Å². The lowest BCUT2D eigenvalue weighted by Gasteiger charge is -2.22. The smallest absolute Gasteiger partial charge is 0.147 e. The molecule has 0 N–H and O–H groups in total. The highest BCUT2D eigenvalue weighted by molar-refractivity contribution is 5.94. The van der Waals surface area contributed by atoms with Gasteiger partial charge in [-0.25, -0.2) is 0 Å². The van der Waals surface area contributed by atoms with Gasteiger partial charge in [0.2, 0.25) is 0 Å². The molecule has 0 radical (unpaired) electrons. The predicted octanol–water partition coefficient (Wildman–Crippen LogP) is 7.25. The summed E-state index contributed by atoms with van der Waals surface area (Å²) >= 11 is 0. The van der Waals surface area contributed by atoms with Crippen LogP contribution in [0.1, 0.15) is 49.7 Å². The van der Waals surface area contributed by atoms with Gasteiger partial charge in [-0.3, -0.25) is 4.79 Å². The Kier molecular flexibility index (Phi) is 5.25. The highest BCUT2D eigenvalue weighted by atomic mass is 16.1. The summed E-state index contributed by atoms with van der Waals surface area (Å²) in [4.78, 5) is 13.6. The molecule has 1 nitrogen and oxygen atoms in total. The number of benzene rings is 4. The van der Waals surface area contributed by atoms with Gasteiger partial charge in [-0.05, 0) is 45.5 Å². The van der Waals surface area contributed by atoms with Crippen molar-refractivity contribution in [1.29, 1.82) is 0 Å². The fraction of sp³-hybridized carbons (Fsp3) is 0.222. The van der Waals surface area contributed by atoms with Crippen LogP contribution in [-0.4, -0.2) is 5.78 Å². The van der Waals surface area contributed by atoms with E-state index in [0.717, 1.165) is 24.0 Å². The first kappa shape index (κ1) is 18.4. The summed E-state index contributed by atoms with van der Waals surface area (Å²) in [7, 11) is 0. The van der Waals surface area contributed by atoms with E-state index in [0.29, 0.717) is 5.78 Å². The third kappa shape index (κ3) is 3.45. The van der Waals surface area contributed by atoms with Crippen molar-refractivity contribution in [2.45, 2.75) is 38.5 Å². The molecular formula is C27H26O. The van der Waals surface area contributed by atoms with Crippen molar-refractivity contribution < 1.29 is 4.79 Å². The van der Waals surface area contributed by atoms with E-state index in [-0.39, 0.29) is 11.8 Å². The SMILES string of the molecule is CCC(C(=O)C(CC)c1ccc2ccccc2c1)c1ccc2ccccc2c1. The van der Waals surface area contributed by atoms with Crippen LogP contribution in [0, 0.1) is 0 Å². The summed E-state index contributed by atoms with van der Waals surface area (Å²) < 4.78 is 0. The number of carbonyl (C=O) groups excluding carboxylic acids is 1. The Morgan fingerprint density at radius 1 is 0.607 bits per heavy atom. The molecule has 0 aliphatic heterocycles. The van der Waals surface area contributed by atoms with Gasteiger partial charge in [0.15, 0.2) is 0 Å². The first-order valence-corrected chi connectivity index (χ1v) is 10.2. The number of Topliss-reactive ketones (excluding diaryl/α,β-unsaturated/α-hetero) is 1. The zero-order valence-electron chi connectivity index (χ0n) is 16.6. The van der Waals surface area contributed by atoms with Gasteiger partial charge >= 0.3 is 0 Å². The Morgan fingerprint density at radius 3 is 1.39 bits per heavy atom. The van der Waals surface area contributed by atoms with E-state index in [1.807, 2.05) is 0 Å². The van der Waals surface area contributed by atoms with E-state index in [1.54, 1.807) is 0 Å². The quantitative estimate of drug-likeness (QED) is 0.351. The van der Waals surface area contributed by atoms with Gasteiger partial charge in [0, 0.05) is 11.8 Å². The summed E-state index contributed by atoms with van der Waals surface area (Å²) in [5.41, 5.74) is 2.26. The highest BCUT2D eigenvalue weighted by Gasteiger charge is 2.27. The van der Waals surface area contributed by atoms with Crippen LogP contribution in [0.2, 0.25) is 0 Å². The van der Waals surface area contributed by atoms with Crippen LogP contribution in [0.5, 0.6) is 0 Å². The van der Waals surface area contributed by atoms with Crippen molar-refractivity contribution in [3.63, 3.8) is 0 Å². The molecule has 4 aromatic rings. The number of hydrogen-bond acceptors (Lipinski definition) is 1. The molecule has 0 heterocycles. The first-order valence-electron chi connectivity index (χ1n) is 10.2. The normalized spacial score (nSPS) is 13.5. The number of fused-ring (bicyclic) bond motifs is 2. The summed E-state index contributed by atoms with van der Waals surface area (Å²) in [5, 5.41) is 4.83. The molecule has 28 heavy (non-hydrogen) atoms. The van der Waals surface area contributed by atoms with Crippen molar-refractivity contribution in [1.82, 2.24) is 0 Å². The minimum absolute atomic E-state index is 0.0685. The maximum atomic E-state index is 13.6. The number of hydrogen-bond donors (Lipinski definition) is 0. The minimum Gasteiger partial charge on any atom is -0.298 e.